The van der Waals surface area contributed by atoms with Gasteiger partial charge < -0.3 is 24.9 Å². The number of carboxylic acid groups (broad SMARTS) is 2. The fourth-order valence-electron chi connectivity index (χ4n) is 4.94. The molecule has 2 heterocycles. The zero-order chi connectivity index (χ0) is 29.0. The lowest BCUT2D eigenvalue weighted by Crippen LogP contribution is -2.63. The van der Waals surface area contributed by atoms with Crippen molar-refractivity contribution < 1.29 is 38.7 Å². The molecule has 3 amide bonds. The Balaban J connectivity index is 2.48. The predicted octanol–water partition coefficient (Wildman–Crippen LogP) is 3.37. The van der Waals surface area contributed by atoms with E-state index in [1.165, 1.54) is 17.1 Å². The molecule has 0 aromatic rings. The third-order valence-corrected chi connectivity index (χ3v) is 12.3. The molecule has 2 unspecified atom stereocenters. The lowest BCUT2D eigenvalue weighted by molar-refractivity contribution is -0.170. The standard InChI is InChI=1S/C26H41N3O8Si/c1-9-11-19(27-25(34)35)18(14-28(15-30)36-12-10-2)17-13-20-21(23(31)29(20)22(17)24(32)33)16(3)37-38(7,8)26(4,5)6/h9-10,15-16,18-21,27H,1-2,11-14H2,3-8H3,(H,32,33)(H,34,35)/t16-,18?,19?,20-,21-/m1/s1. The van der Waals surface area contributed by atoms with E-state index in [0.717, 1.165) is 5.06 Å². The number of carbonyl (C=O) groups is 4. The molecule has 2 aliphatic rings. The zero-order valence-corrected chi connectivity index (χ0v) is 24.1. The number of hydroxylamine groups is 2. The van der Waals surface area contributed by atoms with Crippen molar-refractivity contribution in [3.05, 3.63) is 36.6 Å². The van der Waals surface area contributed by atoms with E-state index in [0.29, 0.717) is 12.0 Å². The quantitative estimate of drug-likeness (QED) is 0.0923. The molecule has 0 aromatic carbocycles. The zero-order valence-electron chi connectivity index (χ0n) is 23.1. The van der Waals surface area contributed by atoms with Crippen LogP contribution in [-0.2, 0) is 23.6 Å². The minimum atomic E-state index is -2.21. The van der Waals surface area contributed by atoms with Crippen molar-refractivity contribution in [1.29, 1.82) is 0 Å². The van der Waals surface area contributed by atoms with Crippen molar-refractivity contribution in [2.75, 3.05) is 13.2 Å². The average Bonchev–Trinajstić information content (AvgIpc) is 3.13. The fraction of sp³-hybridized carbons (Fsp3) is 0.615. The summed E-state index contributed by atoms with van der Waals surface area (Å²) in [6.45, 7) is 19.5. The predicted molar refractivity (Wildman–Crippen MR) is 143 cm³/mol. The number of aliphatic carboxylic acids is 1. The summed E-state index contributed by atoms with van der Waals surface area (Å²) >= 11 is 0. The molecule has 0 aromatic heterocycles. The van der Waals surface area contributed by atoms with Gasteiger partial charge in [0.2, 0.25) is 12.3 Å². The first kappa shape index (κ1) is 31.3. The first-order valence-corrected chi connectivity index (χ1v) is 15.5. The summed E-state index contributed by atoms with van der Waals surface area (Å²) in [6.07, 6.45) is 2.02. The number of carbonyl (C=O) groups excluding carboxylic acids is 2. The molecule has 5 atom stereocenters. The van der Waals surface area contributed by atoms with Crippen molar-refractivity contribution in [3.63, 3.8) is 0 Å². The van der Waals surface area contributed by atoms with Crippen molar-refractivity contribution in [2.45, 2.75) is 76.9 Å². The van der Waals surface area contributed by atoms with Gasteiger partial charge in [-0.2, -0.15) is 0 Å². The highest BCUT2D eigenvalue weighted by Gasteiger charge is 2.59. The fourth-order valence-corrected chi connectivity index (χ4v) is 6.37. The van der Waals surface area contributed by atoms with Gasteiger partial charge in [0.05, 0.1) is 31.2 Å². The molecular weight excluding hydrogens is 510 g/mol. The van der Waals surface area contributed by atoms with Gasteiger partial charge in [-0.15, -0.1) is 13.2 Å². The summed E-state index contributed by atoms with van der Waals surface area (Å²) in [7, 11) is -2.21. The molecule has 2 aliphatic heterocycles. The van der Waals surface area contributed by atoms with E-state index < -0.39 is 50.4 Å². The number of hydrogen-bond acceptors (Lipinski definition) is 6. The summed E-state index contributed by atoms with van der Waals surface area (Å²) in [5, 5.41) is 23.0. The smallest absolute Gasteiger partial charge is 0.404 e. The van der Waals surface area contributed by atoms with Crippen molar-refractivity contribution in [1.82, 2.24) is 15.3 Å². The van der Waals surface area contributed by atoms with Crippen molar-refractivity contribution in [3.8, 4) is 0 Å². The molecule has 1 fully saturated rings. The largest absolute Gasteiger partial charge is 0.477 e. The summed E-state index contributed by atoms with van der Waals surface area (Å²) < 4.78 is 6.48. The molecule has 12 heteroatoms. The first-order chi connectivity index (χ1) is 17.6. The van der Waals surface area contributed by atoms with Crippen LogP contribution < -0.4 is 5.32 Å². The van der Waals surface area contributed by atoms with Crippen LogP contribution in [0.1, 0.15) is 40.5 Å². The monoisotopic (exact) mass is 551 g/mol. The molecular formula is C26H41N3O8Si. The Bertz CT molecular complexity index is 989. The van der Waals surface area contributed by atoms with Gasteiger partial charge in [-0.25, -0.2) is 14.7 Å². The highest BCUT2D eigenvalue weighted by Crippen LogP contribution is 2.48. The van der Waals surface area contributed by atoms with E-state index in [1.54, 1.807) is 0 Å². The molecule has 212 valence electrons. The van der Waals surface area contributed by atoms with Crippen LogP contribution in [0, 0.1) is 11.8 Å². The van der Waals surface area contributed by atoms with Gasteiger partial charge in [-0.3, -0.25) is 14.4 Å². The number of rotatable bonds is 15. The van der Waals surface area contributed by atoms with Gasteiger partial charge in [-0.1, -0.05) is 32.9 Å². The lowest BCUT2D eigenvalue weighted by atomic mass is 9.80. The van der Waals surface area contributed by atoms with Crippen molar-refractivity contribution >= 4 is 32.7 Å². The van der Waals surface area contributed by atoms with Gasteiger partial charge in [0.25, 0.3) is 0 Å². The molecule has 3 N–H and O–H groups in total. The number of β-lactam (4-membered cyclic amide) rings is 1. The summed E-state index contributed by atoms with van der Waals surface area (Å²) in [6, 6.07) is -1.27. The van der Waals surface area contributed by atoms with Crippen LogP contribution >= 0.6 is 0 Å². The van der Waals surface area contributed by atoms with E-state index in [4.69, 9.17) is 9.26 Å². The van der Waals surface area contributed by atoms with Crippen LogP contribution in [0.25, 0.3) is 0 Å². The second kappa shape index (κ2) is 12.3. The maximum absolute atomic E-state index is 13.3. The molecule has 38 heavy (non-hydrogen) atoms. The summed E-state index contributed by atoms with van der Waals surface area (Å²) in [4.78, 5) is 55.8. The van der Waals surface area contributed by atoms with E-state index in [1.807, 2.05) is 6.92 Å². The van der Waals surface area contributed by atoms with Crippen LogP contribution in [0.5, 0.6) is 0 Å². The molecule has 0 radical (unpaired) electrons. The minimum Gasteiger partial charge on any atom is -0.477 e. The SMILES string of the molecule is C=CCON(C=O)CC(C1=C(C(=O)O)N2C(=O)[C@H]([C@@H](C)O[Si](C)(C)C(C)(C)C)[C@H]2C1)C(CC=C)NC(=O)O. The van der Waals surface area contributed by atoms with Crippen LogP contribution in [0.3, 0.4) is 0 Å². The van der Waals surface area contributed by atoms with Crippen LogP contribution in [-0.4, -0.2) is 84.2 Å². The van der Waals surface area contributed by atoms with Gasteiger partial charge in [0, 0.05) is 12.0 Å². The van der Waals surface area contributed by atoms with Gasteiger partial charge in [-0.05, 0) is 43.5 Å². The molecule has 0 aliphatic carbocycles. The second-order valence-electron chi connectivity index (χ2n) is 11.2. The van der Waals surface area contributed by atoms with Gasteiger partial charge >= 0.3 is 12.1 Å². The summed E-state index contributed by atoms with van der Waals surface area (Å²) in [5.74, 6) is -2.98. The third-order valence-electron chi connectivity index (χ3n) is 7.75. The van der Waals surface area contributed by atoms with E-state index in [2.05, 4.69) is 52.3 Å². The molecule has 0 bridgehead atoms. The Morgan fingerprint density at radius 1 is 1.26 bits per heavy atom. The van der Waals surface area contributed by atoms with Crippen LogP contribution in [0.15, 0.2) is 36.6 Å². The maximum atomic E-state index is 13.3. The number of carboxylic acids is 1. The number of nitrogens with zero attached hydrogens (tertiary/aromatic N) is 2. The van der Waals surface area contributed by atoms with E-state index in [-0.39, 0.29) is 42.6 Å². The van der Waals surface area contributed by atoms with Crippen molar-refractivity contribution in [2.24, 2.45) is 11.8 Å². The maximum Gasteiger partial charge on any atom is 0.404 e. The topological polar surface area (TPSA) is 146 Å². The number of hydrogen-bond donors (Lipinski definition) is 3. The molecule has 1 saturated heterocycles. The number of fused-ring (bicyclic) bond motifs is 1. The normalized spacial score (nSPS) is 21.6. The second-order valence-corrected chi connectivity index (χ2v) is 16.0. The minimum absolute atomic E-state index is 0.0202. The van der Waals surface area contributed by atoms with E-state index in [9.17, 15) is 29.4 Å². The Hall–Kier alpha value is -2.96. The number of nitrogens with one attached hydrogen (secondary N) is 1. The van der Waals surface area contributed by atoms with Crippen LogP contribution in [0.2, 0.25) is 18.1 Å². The Morgan fingerprint density at radius 3 is 2.37 bits per heavy atom. The molecule has 11 nitrogen and oxygen atoms in total. The van der Waals surface area contributed by atoms with Crippen LogP contribution in [0.4, 0.5) is 4.79 Å². The highest BCUT2D eigenvalue weighted by atomic mass is 28.4. The summed E-state index contributed by atoms with van der Waals surface area (Å²) in [5.41, 5.74) is 0.184. The third kappa shape index (κ3) is 6.53. The first-order valence-electron chi connectivity index (χ1n) is 12.6. The highest BCUT2D eigenvalue weighted by molar-refractivity contribution is 6.74. The Morgan fingerprint density at radius 2 is 1.89 bits per heavy atom. The molecule has 0 saturated carbocycles. The Labute approximate surface area is 225 Å². The molecule has 2 rings (SSSR count). The number of amides is 3. The Kier molecular flexibility index (Phi) is 10.1. The van der Waals surface area contributed by atoms with Gasteiger partial charge in [0.15, 0.2) is 8.32 Å². The van der Waals surface area contributed by atoms with Gasteiger partial charge in [0.1, 0.15) is 5.70 Å². The molecule has 0 spiro atoms. The lowest BCUT2D eigenvalue weighted by Gasteiger charge is -2.48. The average molecular weight is 552 g/mol. The van der Waals surface area contributed by atoms with E-state index >= 15 is 0 Å².